The molecule has 3 rings (SSSR count). The van der Waals surface area contributed by atoms with E-state index in [2.05, 4.69) is 24.5 Å². The van der Waals surface area contributed by atoms with Gasteiger partial charge in [-0.1, -0.05) is 0 Å². The fourth-order valence-electron chi connectivity index (χ4n) is 3.31. The molecule has 1 aliphatic heterocycles. The van der Waals surface area contributed by atoms with Gasteiger partial charge in [0, 0.05) is 18.1 Å². The number of hydrogen-bond acceptors (Lipinski definition) is 5. The molecule has 0 saturated heterocycles. The second kappa shape index (κ2) is 8.14. The van der Waals surface area contributed by atoms with Crippen molar-refractivity contribution in [1.29, 1.82) is 0 Å². The predicted octanol–water partition coefficient (Wildman–Crippen LogP) is 4.30. The minimum Gasteiger partial charge on any atom is -0.497 e. The molecule has 0 saturated carbocycles. The first-order valence-corrected chi connectivity index (χ1v) is 9.42. The molecule has 0 fully saturated rings. The third-order valence-corrected chi connectivity index (χ3v) is 4.86. The highest BCUT2D eigenvalue weighted by Gasteiger charge is 2.34. The smallest absolute Gasteiger partial charge is 0.171 e. The van der Waals surface area contributed by atoms with Crippen LogP contribution in [0.4, 0.5) is 5.69 Å². The van der Waals surface area contributed by atoms with Gasteiger partial charge in [0.15, 0.2) is 5.11 Å². The second-order valence-electron chi connectivity index (χ2n) is 7.19. The van der Waals surface area contributed by atoms with Crippen molar-refractivity contribution in [3.05, 3.63) is 42.0 Å². The number of methoxy groups -OCH3 is 3. The zero-order valence-corrected chi connectivity index (χ0v) is 17.6. The molecule has 2 N–H and O–H groups in total. The maximum atomic E-state index is 6.12. The summed E-state index contributed by atoms with van der Waals surface area (Å²) < 4.78 is 22.2. The molecule has 0 bridgehead atoms. The van der Waals surface area contributed by atoms with Gasteiger partial charge in [-0.25, -0.2) is 0 Å². The highest BCUT2D eigenvalue weighted by Crippen LogP contribution is 2.41. The van der Waals surface area contributed by atoms with E-state index in [0.717, 1.165) is 29.2 Å². The molecule has 1 atom stereocenters. The minimum atomic E-state index is -0.313. The maximum absolute atomic E-state index is 6.12. The van der Waals surface area contributed by atoms with Crippen LogP contribution < -0.4 is 29.6 Å². The van der Waals surface area contributed by atoms with Crippen LogP contribution in [0.25, 0.3) is 0 Å². The van der Waals surface area contributed by atoms with Gasteiger partial charge in [0.25, 0.3) is 0 Å². The SMILES string of the molecule is COc1ccc(NC(=S)NC2CC(C)(C)Oc3ccc(OC)cc32)c(OC)c1. The summed E-state index contributed by atoms with van der Waals surface area (Å²) >= 11 is 5.57. The first-order chi connectivity index (χ1) is 13.3. The van der Waals surface area contributed by atoms with E-state index in [1.807, 2.05) is 36.4 Å². The van der Waals surface area contributed by atoms with Gasteiger partial charge in [0.2, 0.25) is 0 Å². The van der Waals surface area contributed by atoms with Crippen molar-refractivity contribution in [2.24, 2.45) is 0 Å². The van der Waals surface area contributed by atoms with Crippen LogP contribution in [-0.2, 0) is 0 Å². The van der Waals surface area contributed by atoms with Crippen molar-refractivity contribution >= 4 is 23.0 Å². The largest absolute Gasteiger partial charge is 0.497 e. The number of fused-ring (bicyclic) bond motifs is 1. The molecule has 0 aliphatic carbocycles. The lowest BCUT2D eigenvalue weighted by Gasteiger charge is -2.38. The van der Waals surface area contributed by atoms with E-state index >= 15 is 0 Å². The van der Waals surface area contributed by atoms with Gasteiger partial charge < -0.3 is 29.6 Å². The Kier molecular flexibility index (Phi) is 5.84. The summed E-state index contributed by atoms with van der Waals surface area (Å²) in [4.78, 5) is 0. The van der Waals surface area contributed by atoms with Gasteiger partial charge in [0.05, 0.1) is 33.1 Å². The van der Waals surface area contributed by atoms with Crippen LogP contribution in [0, 0.1) is 0 Å². The molecule has 1 aliphatic rings. The van der Waals surface area contributed by atoms with Crippen LogP contribution in [0.5, 0.6) is 23.0 Å². The van der Waals surface area contributed by atoms with Crippen molar-refractivity contribution < 1.29 is 18.9 Å². The molecule has 1 heterocycles. The van der Waals surface area contributed by atoms with Crippen LogP contribution in [0.15, 0.2) is 36.4 Å². The summed E-state index contributed by atoms with van der Waals surface area (Å²) in [6.07, 6.45) is 0.759. The Morgan fingerprint density at radius 2 is 1.71 bits per heavy atom. The van der Waals surface area contributed by atoms with Crippen LogP contribution >= 0.6 is 12.2 Å². The Bertz CT molecular complexity index is 869. The number of ether oxygens (including phenoxy) is 4. The Morgan fingerprint density at radius 1 is 1.04 bits per heavy atom. The van der Waals surface area contributed by atoms with Gasteiger partial charge in [-0.2, -0.15) is 0 Å². The topological polar surface area (TPSA) is 61.0 Å². The van der Waals surface area contributed by atoms with E-state index in [0.29, 0.717) is 16.6 Å². The van der Waals surface area contributed by atoms with Crippen LogP contribution in [0.1, 0.15) is 31.9 Å². The quantitative estimate of drug-likeness (QED) is 0.723. The third kappa shape index (κ3) is 4.42. The first-order valence-electron chi connectivity index (χ1n) is 9.01. The monoisotopic (exact) mass is 402 g/mol. The molecule has 2 aromatic carbocycles. The zero-order chi connectivity index (χ0) is 20.3. The van der Waals surface area contributed by atoms with Gasteiger partial charge >= 0.3 is 0 Å². The molecule has 7 heteroatoms. The highest BCUT2D eigenvalue weighted by molar-refractivity contribution is 7.80. The van der Waals surface area contributed by atoms with Gasteiger partial charge in [0.1, 0.15) is 28.6 Å². The molecule has 150 valence electrons. The molecule has 0 spiro atoms. The fourth-order valence-corrected chi connectivity index (χ4v) is 3.56. The number of thiocarbonyl (C=S) groups is 1. The van der Waals surface area contributed by atoms with Crippen molar-refractivity contribution in [3.63, 3.8) is 0 Å². The predicted molar refractivity (Wildman–Crippen MR) is 114 cm³/mol. The lowest BCUT2D eigenvalue weighted by atomic mass is 9.89. The number of rotatable bonds is 5. The van der Waals surface area contributed by atoms with Crippen molar-refractivity contribution in [1.82, 2.24) is 5.32 Å². The first kappa shape index (κ1) is 20.1. The lowest BCUT2D eigenvalue weighted by molar-refractivity contribution is 0.0695. The van der Waals surface area contributed by atoms with Crippen molar-refractivity contribution in [2.45, 2.75) is 31.9 Å². The summed E-state index contributed by atoms with van der Waals surface area (Å²) in [6, 6.07) is 11.3. The summed E-state index contributed by atoms with van der Waals surface area (Å²) in [6.45, 7) is 4.13. The van der Waals surface area contributed by atoms with Crippen molar-refractivity contribution in [2.75, 3.05) is 26.6 Å². The molecule has 28 heavy (non-hydrogen) atoms. The normalized spacial score (nSPS) is 17.0. The van der Waals surface area contributed by atoms with E-state index < -0.39 is 0 Å². The molecule has 0 aromatic heterocycles. The van der Waals surface area contributed by atoms with Gasteiger partial charge in [-0.15, -0.1) is 0 Å². The average Bonchev–Trinajstić information content (AvgIpc) is 2.67. The van der Waals surface area contributed by atoms with E-state index in [4.69, 9.17) is 31.2 Å². The van der Waals surface area contributed by atoms with Crippen LogP contribution in [-0.4, -0.2) is 32.0 Å². The summed E-state index contributed by atoms with van der Waals surface area (Å²) in [7, 11) is 4.88. The zero-order valence-electron chi connectivity index (χ0n) is 16.8. The van der Waals surface area contributed by atoms with Gasteiger partial charge in [-0.3, -0.25) is 0 Å². The Labute approximate surface area is 171 Å². The summed E-state index contributed by atoms with van der Waals surface area (Å²) in [5.41, 5.74) is 1.47. The molecule has 0 amide bonds. The fraction of sp³-hybridized carbons (Fsp3) is 0.381. The van der Waals surface area contributed by atoms with E-state index in [-0.39, 0.29) is 11.6 Å². The third-order valence-electron chi connectivity index (χ3n) is 4.64. The maximum Gasteiger partial charge on any atom is 0.171 e. The van der Waals surface area contributed by atoms with E-state index in [1.165, 1.54) is 0 Å². The Morgan fingerprint density at radius 3 is 2.39 bits per heavy atom. The number of nitrogens with one attached hydrogen (secondary N) is 2. The molecule has 1 unspecified atom stereocenters. The van der Waals surface area contributed by atoms with Crippen molar-refractivity contribution in [3.8, 4) is 23.0 Å². The van der Waals surface area contributed by atoms with Gasteiger partial charge in [-0.05, 0) is 56.4 Å². The number of anilines is 1. The molecule has 6 nitrogen and oxygen atoms in total. The number of benzene rings is 2. The summed E-state index contributed by atoms with van der Waals surface area (Å²) in [5, 5.41) is 7.12. The highest BCUT2D eigenvalue weighted by atomic mass is 32.1. The second-order valence-corrected chi connectivity index (χ2v) is 7.60. The minimum absolute atomic E-state index is 0.0157. The lowest BCUT2D eigenvalue weighted by Crippen LogP contribution is -2.42. The summed E-state index contributed by atoms with van der Waals surface area (Å²) in [5.74, 6) is 2.98. The number of hydrogen-bond donors (Lipinski definition) is 2. The molecular weight excluding hydrogens is 376 g/mol. The molecule has 2 aromatic rings. The molecule has 0 radical (unpaired) electrons. The standard InChI is InChI=1S/C21H26N2O4S/c1-21(2)12-17(15-10-13(24-3)7-9-18(15)27-21)23-20(28)22-16-8-6-14(25-4)11-19(16)26-5/h6-11,17H,12H2,1-5H3,(H2,22,23,28). The van der Waals surface area contributed by atoms with Crippen LogP contribution in [0.3, 0.4) is 0 Å². The Balaban J connectivity index is 1.80. The molecular formula is C21H26N2O4S. The van der Waals surface area contributed by atoms with E-state index in [1.54, 1.807) is 21.3 Å². The van der Waals surface area contributed by atoms with E-state index in [9.17, 15) is 0 Å². The average molecular weight is 403 g/mol. The van der Waals surface area contributed by atoms with Crippen LogP contribution in [0.2, 0.25) is 0 Å². The Hall–Kier alpha value is -2.67.